The first-order valence-corrected chi connectivity index (χ1v) is 8.99. The third kappa shape index (κ3) is 4.55. The lowest BCUT2D eigenvalue weighted by molar-refractivity contribution is -0.384. The van der Waals surface area contributed by atoms with E-state index in [1.165, 1.54) is 38.4 Å². The SMILES string of the molecule is CNc1ccc(S(=O)(=O)N(C)Cc2cccc(C(F)(F)F)c2)cc1[N+](=O)[O-]. The van der Waals surface area contributed by atoms with Crippen molar-refractivity contribution in [2.75, 3.05) is 19.4 Å². The summed E-state index contributed by atoms with van der Waals surface area (Å²) in [4.78, 5) is 10.0. The molecular weight excluding hydrogens is 387 g/mol. The van der Waals surface area contributed by atoms with Crippen molar-refractivity contribution in [3.8, 4) is 0 Å². The molecule has 0 aromatic heterocycles. The molecule has 0 aliphatic carbocycles. The molecule has 0 saturated carbocycles. The Hall–Kier alpha value is -2.66. The van der Waals surface area contributed by atoms with Crippen LogP contribution >= 0.6 is 0 Å². The van der Waals surface area contributed by atoms with E-state index in [9.17, 15) is 31.7 Å². The molecule has 2 aromatic rings. The summed E-state index contributed by atoms with van der Waals surface area (Å²) in [6, 6.07) is 7.65. The minimum Gasteiger partial charge on any atom is -0.383 e. The van der Waals surface area contributed by atoms with Crippen LogP contribution < -0.4 is 5.32 Å². The van der Waals surface area contributed by atoms with E-state index in [0.29, 0.717) is 0 Å². The topological polar surface area (TPSA) is 92.6 Å². The van der Waals surface area contributed by atoms with Crippen LogP contribution in [0.2, 0.25) is 0 Å². The number of nitro benzene ring substituents is 1. The molecule has 2 aromatic carbocycles. The van der Waals surface area contributed by atoms with E-state index in [0.717, 1.165) is 22.5 Å². The third-order valence-corrected chi connectivity index (χ3v) is 5.60. The van der Waals surface area contributed by atoms with Gasteiger partial charge in [-0.25, -0.2) is 8.42 Å². The number of nitrogens with zero attached hydrogens (tertiary/aromatic N) is 2. The zero-order valence-corrected chi connectivity index (χ0v) is 15.1. The fourth-order valence-electron chi connectivity index (χ4n) is 2.40. The number of anilines is 1. The molecule has 0 atom stereocenters. The Morgan fingerprint density at radius 3 is 2.41 bits per heavy atom. The minimum atomic E-state index is -4.54. The Kier molecular flexibility index (Phi) is 5.76. The summed E-state index contributed by atoms with van der Waals surface area (Å²) in [7, 11) is -1.50. The second kappa shape index (κ2) is 7.53. The standard InChI is InChI=1S/C16H16F3N3O4S/c1-20-14-7-6-13(9-15(14)22(23)24)27(25,26)21(2)10-11-4-3-5-12(8-11)16(17,18)19/h3-9,20H,10H2,1-2H3. The molecule has 1 N–H and O–H groups in total. The predicted octanol–water partition coefficient (Wildman–Crippen LogP) is 3.48. The number of nitrogens with one attached hydrogen (secondary N) is 1. The van der Waals surface area contributed by atoms with Gasteiger partial charge in [0, 0.05) is 26.7 Å². The zero-order valence-electron chi connectivity index (χ0n) is 14.3. The first kappa shape index (κ1) is 20.6. The summed E-state index contributed by atoms with van der Waals surface area (Å²) in [5.74, 6) is 0. The largest absolute Gasteiger partial charge is 0.416 e. The van der Waals surface area contributed by atoms with E-state index in [1.807, 2.05) is 0 Å². The summed E-state index contributed by atoms with van der Waals surface area (Å²) >= 11 is 0. The Bertz CT molecular complexity index is 962. The summed E-state index contributed by atoms with van der Waals surface area (Å²) < 4.78 is 64.5. The van der Waals surface area contributed by atoms with Gasteiger partial charge in [-0.1, -0.05) is 18.2 Å². The lowest BCUT2D eigenvalue weighted by atomic mass is 10.1. The molecule has 7 nitrogen and oxygen atoms in total. The fraction of sp³-hybridized carbons (Fsp3) is 0.250. The van der Waals surface area contributed by atoms with E-state index in [-0.39, 0.29) is 22.7 Å². The zero-order chi connectivity index (χ0) is 20.4. The quantitative estimate of drug-likeness (QED) is 0.589. The van der Waals surface area contributed by atoms with Gasteiger partial charge in [0.15, 0.2) is 0 Å². The molecule has 0 saturated heterocycles. The average molecular weight is 403 g/mol. The number of hydrogen-bond acceptors (Lipinski definition) is 5. The van der Waals surface area contributed by atoms with E-state index >= 15 is 0 Å². The van der Waals surface area contributed by atoms with E-state index in [2.05, 4.69) is 5.32 Å². The highest BCUT2D eigenvalue weighted by molar-refractivity contribution is 7.89. The van der Waals surface area contributed by atoms with Crippen molar-refractivity contribution in [2.45, 2.75) is 17.6 Å². The van der Waals surface area contributed by atoms with Crippen molar-refractivity contribution in [3.05, 3.63) is 63.7 Å². The van der Waals surface area contributed by atoms with E-state index in [4.69, 9.17) is 0 Å². The maximum Gasteiger partial charge on any atom is 0.416 e. The van der Waals surface area contributed by atoms with Gasteiger partial charge in [0.2, 0.25) is 10.0 Å². The molecule has 0 fully saturated rings. The highest BCUT2D eigenvalue weighted by Crippen LogP contribution is 2.31. The number of nitro groups is 1. The molecule has 11 heteroatoms. The van der Waals surface area contributed by atoms with Crippen molar-refractivity contribution in [3.63, 3.8) is 0 Å². The minimum absolute atomic E-state index is 0.136. The lowest BCUT2D eigenvalue weighted by Crippen LogP contribution is -2.26. The van der Waals surface area contributed by atoms with E-state index < -0.39 is 32.4 Å². The smallest absolute Gasteiger partial charge is 0.383 e. The van der Waals surface area contributed by atoms with Crippen LogP contribution in [0.15, 0.2) is 47.4 Å². The van der Waals surface area contributed by atoms with Crippen LogP contribution in [0.4, 0.5) is 24.5 Å². The maximum atomic E-state index is 12.8. The van der Waals surface area contributed by atoms with Gasteiger partial charge >= 0.3 is 6.18 Å². The second-order valence-electron chi connectivity index (χ2n) is 5.65. The molecule has 0 amide bonds. The van der Waals surface area contributed by atoms with Gasteiger partial charge in [0.25, 0.3) is 5.69 Å². The van der Waals surface area contributed by atoms with Crippen molar-refractivity contribution < 1.29 is 26.5 Å². The Balaban J connectivity index is 2.34. The molecule has 0 spiro atoms. The lowest BCUT2D eigenvalue weighted by Gasteiger charge is -2.18. The molecule has 2 rings (SSSR count). The van der Waals surface area contributed by atoms with Gasteiger partial charge in [-0.05, 0) is 23.8 Å². The van der Waals surface area contributed by atoms with Gasteiger partial charge in [-0.2, -0.15) is 17.5 Å². The normalized spacial score (nSPS) is 12.2. The Labute approximate surface area is 153 Å². The van der Waals surface area contributed by atoms with Crippen LogP contribution in [0.25, 0.3) is 0 Å². The second-order valence-corrected chi connectivity index (χ2v) is 7.69. The molecule has 146 valence electrons. The number of hydrogen-bond donors (Lipinski definition) is 1. The van der Waals surface area contributed by atoms with Gasteiger partial charge in [0.05, 0.1) is 15.4 Å². The Morgan fingerprint density at radius 1 is 1.19 bits per heavy atom. The molecule has 0 unspecified atom stereocenters. The summed E-state index contributed by atoms with van der Waals surface area (Å²) in [6.07, 6.45) is -4.54. The van der Waals surface area contributed by atoms with Crippen LogP contribution in [-0.2, 0) is 22.7 Å². The molecule has 0 bridgehead atoms. The Morgan fingerprint density at radius 2 is 1.85 bits per heavy atom. The fourth-order valence-corrected chi connectivity index (χ4v) is 3.58. The van der Waals surface area contributed by atoms with Gasteiger partial charge < -0.3 is 5.32 Å². The highest BCUT2D eigenvalue weighted by atomic mass is 32.2. The molecular formula is C16H16F3N3O4S. The van der Waals surface area contributed by atoms with Gasteiger partial charge in [-0.3, -0.25) is 10.1 Å². The average Bonchev–Trinajstić information content (AvgIpc) is 2.60. The van der Waals surface area contributed by atoms with Crippen LogP contribution in [0.1, 0.15) is 11.1 Å². The monoisotopic (exact) mass is 403 g/mol. The van der Waals surface area contributed by atoms with Crippen LogP contribution in [0.5, 0.6) is 0 Å². The summed E-state index contributed by atoms with van der Waals surface area (Å²) in [5, 5.41) is 13.7. The summed E-state index contributed by atoms with van der Waals surface area (Å²) in [5.41, 5.74) is -1.04. The van der Waals surface area contributed by atoms with Gasteiger partial charge in [0.1, 0.15) is 5.69 Å². The van der Waals surface area contributed by atoms with Crippen molar-refractivity contribution >= 4 is 21.4 Å². The number of alkyl halides is 3. The van der Waals surface area contributed by atoms with Crippen molar-refractivity contribution in [1.82, 2.24) is 4.31 Å². The van der Waals surface area contributed by atoms with Crippen LogP contribution in [0.3, 0.4) is 0 Å². The highest BCUT2D eigenvalue weighted by Gasteiger charge is 2.31. The first-order valence-electron chi connectivity index (χ1n) is 7.55. The molecule has 0 aliphatic heterocycles. The number of rotatable bonds is 6. The van der Waals surface area contributed by atoms with Gasteiger partial charge in [-0.15, -0.1) is 0 Å². The van der Waals surface area contributed by atoms with Crippen molar-refractivity contribution in [2.24, 2.45) is 0 Å². The number of sulfonamides is 1. The molecule has 0 heterocycles. The van der Waals surface area contributed by atoms with Crippen LogP contribution in [-0.4, -0.2) is 31.7 Å². The summed E-state index contributed by atoms with van der Waals surface area (Å²) in [6.45, 7) is -0.326. The van der Waals surface area contributed by atoms with E-state index in [1.54, 1.807) is 0 Å². The molecule has 27 heavy (non-hydrogen) atoms. The number of halogens is 3. The maximum absolute atomic E-state index is 12.8. The third-order valence-electron chi connectivity index (χ3n) is 3.80. The van der Waals surface area contributed by atoms with Crippen LogP contribution in [0, 0.1) is 10.1 Å². The predicted molar refractivity (Wildman–Crippen MR) is 92.7 cm³/mol. The van der Waals surface area contributed by atoms with Crippen molar-refractivity contribution in [1.29, 1.82) is 0 Å². The molecule has 0 radical (unpaired) electrons. The first-order chi connectivity index (χ1) is 12.5. The molecule has 0 aliphatic rings. The number of benzene rings is 2.